The summed E-state index contributed by atoms with van der Waals surface area (Å²) < 4.78 is 0. The fourth-order valence-corrected chi connectivity index (χ4v) is 1.58. The second-order valence-electron chi connectivity index (χ2n) is 3.66. The first-order valence-electron chi connectivity index (χ1n) is 5.24. The summed E-state index contributed by atoms with van der Waals surface area (Å²) in [6.45, 7) is 3.92. The van der Waals surface area contributed by atoms with Gasteiger partial charge in [-0.3, -0.25) is 4.79 Å². The quantitative estimate of drug-likeness (QED) is 0.845. The fourth-order valence-electron chi connectivity index (χ4n) is 1.32. The van der Waals surface area contributed by atoms with E-state index in [1.54, 1.807) is 0 Å². The second-order valence-corrected chi connectivity index (χ2v) is 5.20. The number of nitrogens with one attached hydrogen (secondary N) is 1. The molecule has 16 heavy (non-hydrogen) atoms. The average molecular weight is 305 g/mol. The molecule has 1 rings (SSSR count). The van der Waals surface area contributed by atoms with Gasteiger partial charge in [-0.15, -0.1) is 0 Å². The van der Waals surface area contributed by atoms with Crippen LogP contribution in [0.15, 0.2) is 24.3 Å². The molecular formula is C12H15BrClNO. The molecule has 88 valence electrons. The zero-order valence-electron chi connectivity index (χ0n) is 9.34. The average Bonchev–Trinajstić information content (AvgIpc) is 2.28. The van der Waals surface area contributed by atoms with E-state index in [4.69, 9.17) is 11.6 Å². The van der Waals surface area contributed by atoms with E-state index in [-0.39, 0.29) is 16.8 Å². The summed E-state index contributed by atoms with van der Waals surface area (Å²) in [7, 11) is 0. The number of amides is 1. The van der Waals surface area contributed by atoms with Crippen LogP contribution in [-0.2, 0) is 4.79 Å². The van der Waals surface area contributed by atoms with E-state index >= 15 is 0 Å². The van der Waals surface area contributed by atoms with E-state index in [1.807, 2.05) is 38.1 Å². The molecule has 0 aliphatic heterocycles. The molecule has 0 bridgehead atoms. The van der Waals surface area contributed by atoms with Gasteiger partial charge in [-0.25, -0.2) is 0 Å². The van der Waals surface area contributed by atoms with Gasteiger partial charge in [0.2, 0.25) is 5.91 Å². The van der Waals surface area contributed by atoms with Crippen LogP contribution in [0, 0.1) is 0 Å². The van der Waals surface area contributed by atoms with E-state index in [0.717, 1.165) is 12.0 Å². The standard InChI is InChI=1S/C12H15BrClNO/c1-3-11(13)12(16)15-8(2)9-4-6-10(14)7-5-9/h4-8,11H,3H2,1-2H3,(H,15,16). The van der Waals surface area contributed by atoms with Gasteiger partial charge in [0.05, 0.1) is 10.9 Å². The van der Waals surface area contributed by atoms with E-state index in [0.29, 0.717) is 5.02 Å². The van der Waals surface area contributed by atoms with Crippen molar-refractivity contribution in [3.8, 4) is 0 Å². The molecule has 0 fully saturated rings. The number of rotatable bonds is 4. The van der Waals surface area contributed by atoms with Crippen molar-refractivity contribution in [2.24, 2.45) is 0 Å². The second kappa shape index (κ2) is 6.26. The molecule has 0 saturated carbocycles. The molecule has 2 unspecified atom stereocenters. The van der Waals surface area contributed by atoms with Crippen LogP contribution in [0.5, 0.6) is 0 Å². The van der Waals surface area contributed by atoms with Crippen molar-refractivity contribution in [1.29, 1.82) is 0 Å². The number of carbonyl (C=O) groups excluding carboxylic acids is 1. The summed E-state index contributed by atoms with van der Waals surface area (Å²) in [5.74, 6) is 0.0185. The molecule has 0 spiro atoms. The largest absolute Gasteiger partial charge is 0.349 e. The number of hydrogen-bond donors (Lipinski definition) is 1. The van der Waals surface area contributed by atoms with Crippen LogP contribution in [0.1, 0.15) is 31.9 Å². The smallest absolute Gasteiger partial charge is 0.234 e. The third-order valence-electron chi connectivity index (χ3n) is 2.37. The zero-order chi connectivity index (χ0) is 12.1. The molecule has 0 aliphatic rings. The van der Waals surface area contributed by atoms with Gasteiger partial charge >= 0.3 is 0 Å². The van der Waals surface area contributed by atoms with Gasteiger partial charge in [-0.2, -0.15) is 0 Å². The highest BCUT2D eigenvalue weighted by molar-refractivity contribution is 9.10. The Labute approximate surface area is 110 Å². The minimum atomic E-state index is -0.123. The van der Waals surface area contributed by atoms with Crippen molar-refractivity contribution in [1.82, 2.24) is 5.32 Å². The van der Waals surface area contributed by atoms with E-state index in [1.165, 1.54) is 0 Å². The van der Waals surface area contributed by atoms with Gasteiger partial charge in [0.25, 0.3) is 0 Å². The normalized spacial score (nSPS) is 14.2. The van der Waals surface area contributed by atoms with E-state index < -0.39 is 0 Å². The van der Waals surface area contributed by atoms with Crippen LogP contribution in [0.2, 0.25) is 5.02 Å². The molecule has 0 heterocycles. The predicted octanol–water partition coefficient (Wildman–Crippen LogP) is 3.69. The minimum absolute atomic E-state index is 0.00336. The third-order valence-corrected chi connectivity index (χ3v) is 3.69. The lowest BCUT2D eigenvalue weighted by atomic mass is 10.1. The molecule has 0 aromatic heterocycles. The zero-order valence-corrected chi connectivity index (χ0v) is 11.7. The SMILES string of the molecule is CCC(Br)C(=O)NC(C)c1ccc(Cl)cc1. The Morgan fingerprint density at radius 1 is 1.44 bits per heavy atom. The molecule has 0 aliphatic carbocycles. The van der Waals surface area contributed by atoms with Crippen molar-refractivity contribution < 1.29 is 4.79 Å². The summed E-state index contributed by atoms with van der Waals surface area (Å²) in [4.78, 5) is 11.5. The Balaban J connectivity index is 2.62. The highest BCUT2D eigenvalue weighted by Crippen LogP contribution is 2.17. The van der Waals surface area contributed by atoms with Crippen LogP contribution < -0.4 is 5.32 Å². The minimum Gasteiger partial charge on any atom is -0.349 e. The van der Waals surface area contributed by atoms with Gasteiger partial charge in [-0.1, -0.05) is 46.6 Å². The summed E-state index contributed by atoms with van der Waals surface area (Å²) >= 11 is 9.12. The summed E-state index contributed by atoms with van der Waals surface area (Å²) in [6, 6.07) is 7.48. The van der Waals surface area contributed by atoms with Gasteiger partial charge in [0.1, 0.15) is 0 Å². The van der Waals surface area contributed by atoms with E-state index in [9.17, 15) is 4.79 Å². The van der Waals surface area contributed by atoms with Crippen molar-refractivity contribution in [2.45, 2.75) is 31.1 Å². The lowest BCUT2D eigenvalue weighted by molar-refractivity contribution is -0.121. The monoisotopic (exact) mass is 303 g/mol. The molecular weight excluding hydrogens is 289 g/mol. The van der Waals surface area contributed by atoms with Crippen LogP contribution in [0.3, 0.4) is 0 Å². The molecule has 1 amide bonds. The van der Waals surface area contributed by atoms with Gasteiger partial charge in [0, 0.05) is 5.02 Å². The number of benzene rings is 1. The van der Waals surface area contributed by atoms with Gasteiger partial charge in [0.15, 0.2) is 0 Å². The number of alkyl halides is 1. The maximum Gasteiger partial charge on any atom is 0.234 e. The van der Waals surface area contributed by atoms with Crippen molar-refractivity contribution in [3.05, 3.63) is 34.9 Å². The van der Waals surface area contributed by atoms with Crippen LogP contribution >= 0.6 is 27.5 Å². The predicted molar refractivity (Wildman–Crippen MR) is 71.0 cm³/mol. The molecule has 0 saturated heterocycles. The number of halogens is 2. The number of carbonyl (C=O) groups is 1. The Hall–Kier alpha value is -0.540. The summed E-state index contributed by atoms with van der Waals surface area (Å²) in [5, 5.41) is 3.64. The lowest BCUT2D eigenvalue weighted by Crippen LogP contribution is -2.32. The maximum atomic E-state index is 11.6. The van der Waals surface area contributed by atoms with Gasteiger partial charge < -0.3 is 5.32 Å². The Kier molecular flexibility index (Phi) is 5.29. The van der Waals surface area contributed by atoms with Crippen LogP contribution in [-0.4, -0.2) is 10.7 Å². The first-order chi connectivity index (χ1) is 7.54. The van der Waals surface area contributed by atoms with Gasteiger partial charge in [-0.05, 0) is 31.0 Å². The van der Waals surface area contributed by atoms with Crippen LogP contribution in [0.4, 0.5) is 0 Å². The molecule has 1 aromatic rings. The summed E-state index contributed by atoms with van der Waals surface area (Å²) in [5.41, 5.74) is 1.05. The maximum absolute atomic E-state index is 11.6. The van der Waals surface area contributed by atoms with E-state index in [2.05, 4.69) is 21.2 Å². The Morgan fingerprint density at radius 3 is 2.50 bits per heavy atom. The number of hydrogen-bond acceptors (Lipinski definition) is 1. The molecule has 1 aromatic carbocycles. The molecule has 0 radical (unpaired) electrons. The first-order valence-corrected chi connectivity index (χ1v) is 6.54. The summed E-state index contributed by atoms with van der Waals surface area (Å²) in [6.07, 6.45) is 0.777. The topological polar surface area (TPSA) is 29.1 Å². The third kappa shape index (κ3) is 3.80. The lowest BCUT2D eigenvalue weighted by Gasteiger charge is -2.16. The van der Waals surface area contributed by atoms with Crippen molar-refractivity contribution in [2.75, 3.05) is 0 Å². The molecule has 2 nitrogen and oxygen atoms in total. The highest BCUT2D eigenvalue weighted by Gasteiger charge is 2.15. The van der Waals surface area contributed by atoms with Crippen LogP contribution in [0.25, 0.3) is 0 Å². The Bertz CT molecular complexity index is 353. The van der Waals surface area contributed by atoms with Crippen molar-refractivity contribution in [3.63, 3.8) is 0 Å². The van der Waals surface area contributed by atoms with Crippen molar-refractivity contribution >= 4 is 33.4 Å². The molecule has 1 N–H and O–H groups in total. The molecule has 2 atom stereocenters. The highest BCUT2D eigenvalue weighted by atomic mass is 79.9. The molecule has 4 heteroatoms. The fraction of sp³-hybridized carbons (Fsp3) is 0.417. The first kappa shape index (κ1) is 13.5. The Morgan fingerprint density at radius 2 is 2.00 bits per heavy atom.